The van der Waals surface area contributed by atoms with E-state index < -0.39 is 17.5 Å². The van der Waals surface area contributed by atoms with Crippen molar-refractivity contribution in [3.05, 3.63) is 35.4 Å². The second-order valence-electron chi connectivity index (χ2n) is 3.06. The van der Waals surface area contributed by atoms with Gasteiger partial charge in [-0.15, -0.1) is 10.2 Å². The first kappa shape index (κ1) is 11.4. The van der Waals surface area contributed by atoms with Crippen LogP contribution in [0.15, 0.2) is 18.2 Å². The maximum Gasteiger partial charge on any atom is 0.257 e. The maximum absolute atomic E-state index is 12.9. The fourth-order valence-corrected chi connectivity index (χ4v) is 1.64. The maximum atomic E-state index is 12.9. The highest BCUT2D eigenvalue weighted by Crippen LogP contribution is 2.17. The molecule has 3 N–H and O–H groups in total. The van der Waals surface area contributed by atoms with E-state index in [0.717, 1.165) is 23.5 Å². The van der Waals surface area contributed by atoms with Crippen LogP contribution in [0.5, 0.6) is 0 Å². The molecule has 1 heterocycles. The number of aromatic nitrogens is 2. The largest absolute Gasteiger partial charge is 0.374 e. The number of anilines is 2. The van der Waals surface area contributed by atoms with E-state index in [-0.39, 0.29) is 15.8 Å². The lowest BCUT2D eigenvalue weighted by molar-refractivity contribution is 0.102. The van der Waals surface area contributed by atoms with Gasteiger partial charge in [0.05, 0.1) is 0 Å². The lowest BCUT2D eigenvalue weighted by atomic mass is 10.2. The van der Waals surface area contributed by atoms with E-state index in [2.05, 4.69) is 15.5 Å². The summed E-state index contributed by atoms with van der Waals surface area (Å²) in [5.41, 5.74) is 5.17. The predicted molar refractivity (Wildman–Crippen MR) is 58.6 cm³/mol. The molecule has 0 aliphatic carbocycles. The summed E-state index contributed by atoms with van der Waals surface area (Å²) in [5, 5.41) is 9.71. The second kappa shape index (κ2) is 4.42. The molecule has 17 heavy (non-hydrogen) atoms. The van der Waals surface area contributed by atoms with Crippen molar-refractivity contribution in [1.29, 1.82) is 0 Å². The molecular formula is C9H6F2N4OS. The fourth-order valence-electron chi connectivity index (χ4n) is 1.14. The molecule has 5 nitrogen and oxygen atoms in total. The van der Waals surface area contributed by atoms with Crippen LogP contribution in [0.4, 0.5) is 19.0 Å². The molecule has 0 spiro atoms. The Balaban J connectivity index is 2.19. The average Bonchev–Trinajstić information content (AvgIpc) is 2.62. The average molecular weight is 256 g/mol. The standard InChI is InChI=1S/C9H6F2N4OS/c10-5-1-4(2-6(11)3-5)7(16)13-9-15-14-8(12)17-9/h1-3H,(H2,12,14)(H,13,15,16). The summed E-state index contributed by atoms with van der Waals surface area (Å²) in [7, 11) is 0. The van der Waals surface area contributed by atoms with Gasteiger partial charge >= 0.3 is 0 Å². The summed E-state index contributed by atoms with van der Waals surface area (Å²) in [6, 6.07) is 2.52. The van der Waals surface area contributed by atoms with Crippen LogP contribution in [0.1, 0.15) is 10.4 Å². The topological polar surface area (TPSA) is 80.9 Å². The van der Waals surface area contributed by atoms with Crippen LogP contribution < -0.4 is 11.1 Å². The minimum absolute atomic E-state index is 0.142. The Morgan fingerprint density at radius 1 is 1.24 bits per heavy atom. The zero-order chi connectivity index (χ0) is 12.4. The number of benzene rings is 1. The summed E-state index contributed by atoms with van der Waals surface area (Å²) in [5.74, 6) is -2.33. The Labute approximate surface area is 98.3 Å². The summed E-state index contributed by atoms with van der Waals surface area (Å²) < 4.78 is 25.7. The van der Waals surface area contributed by atoms with Crippen LogP contribution in [0.25, 0.3) is 0 Å². The molecule has 1 aromatic heterocycles. The molecule has 2 rings (SSSR count). The summed E-state index contributed by atoms with van der Waals surface area (Å²) in [6.45, 7) is 0. The first-order chi connectivity index (χ1) is 8.04. The number of hydrogen-bond acceptors (Lipinski definition) is 5. The third-order valence-electron chi connectivity index (χ3n) is 1.79. The zero-order valence-corrected chi connectivity index (χ0v) is 9.09. The van der Waals surface area contributed by atoms with Gasteiger partial charge in [-0.2, -0.15) is 0 Å². The number of nitrogens with one attached hydrogen (secondary N) is 1. The Morgan fingerprint density at radius 2 is 1.88 bits per heavy atom. The van der Waals surface area contributed by atoms with E-state index in [9.17, 15) is 13.6 Å². The minimum atomic E-state index is -0.827. The first-order valence-electron chi connectivity index (χ1n) is 4.41. The van der Waals surface area contributed by atoms with Gasteiger partial charge in [0.15, 0.2) is 0 Å². The Morgan fingerprint density at radius 3 is 2.41 bits per heavy atom. The molecule has 0 saturated carbocycles. The number of halogens is 2. The highest BCUT2D eigenvalue weighted by atomic mass is 32.1. The van der Waals surface area contributed by atoms with Crippen LogP contribution in [0, 0.1) is 11.6 Å². The molecule has 0 atom stereocenters. The Bertz CT molecular complexity index is 552. The molecule has 1 aromatic carbocycles. The molecule has 0 radical (unpaired) electrons. The summed E-state index contributed by atoms with van der Waals surface area (Å²) in [4.78, 5) is 11.6. The van der Waals surface area contributed by atoms with Gasteiger partial charge in [-0.25, -0.2) is 8.78 Å². The van der Waals surface area contributed by atoms with Gasteiger partial charge in [0.25, 0.3) is 5.91 Å². The minimum Gasteiger partial charge on any atom is -0.374 e. The third-order valence-corrected chi connectivity index (χ3v) is 2.45. The van der Waals surface area contributed by atoms with E-state index in [1.165, 1.54) is 0 Å². The van der Waals surface area contributed by atoms with Gasteiger partial charge in [-0.05, 0) is 12.1 Å². The van der Waals surface area contributed by atoms with Gasteiger partial charge < -0.3 is 5.73 Å². The number of carbonyl (C=O) groups is 1. The third kappa shape index (κ3) is 2.72. The van der Waals surface area contributed by atoms with Crippen molar-refractivity contribution in [3.63, 3.8) is 0 Å². The van der Waals surface area contributed by atoms with Crippen molar-refractivity contribution >= 4 is 27.5 Å². The van der Waals surface area contributed by atoms with E-state index in [1.54, 1.807) is 0 Å². The molecule has 0 saturated heterocycles. The van der Waals surface area contributed by atoms with Crippen molar-refractivity contribution < 1.29 is 13.6 Å². The zero-order valence-electron chi connectivity index (χ0n) is 8.28. The monoisotopic (exact) mass is 256 g/mol. The van der Waals surface area contributed by atoms with Gasteiger partial charge in [0.1, 0.15) is 11.6 Å². The number of hydrogen-bond donors (Lipinski definition) is 2. The summed E-state index contributed by atoms with van der Waals surface area (Å²) >= 11 is 0.955. The fraction of sp³-hybridized carbons (Fsp3) is 0. The summed E-state index contributed by atoms with van der Waals surface area (Å²) in [6.07, 6.45) is 0. The van der Waals surface area contributed by atoms with Gasteiger partial charge in [-0.1, -0.05) is 11.3 Å². The van der Waals surface area contributed by atoms with Crippen LogP contribution in [0.2, 0.25) is 0 Å². The predicted octanol–water partition coefficient (Wildman–Crippen LogP) is 1.65. The highest BCUT2D eigenvalue weighted by molar-refractivity contribution is 7.19. The molecule has 0 aliphatic heterocycles. The number of nitrogen functional groups attached to an aromatic ring is 1. The normalized spacial score (nSPS) is 10.2. The lowest BCUT2D eigenvalue weighted by Gasteiger charge is -2.01. The molecule has 0 fully saturated rings. The number of nitrogens with two attached hydrogens (primary N) is 1. The molecule has 8 heteroatoms. The van der Waals surface area contributed by atoms with Crippen molar-refractivity contribution in [1.82, 2.24) is 10.2 Å². The molecule has 88 valence electrons. The van der Waals surface area contributed by atoms with Crippen LogP contribution in [-0.4, -0.2) is 16.1 Å². The first-order valence-corrected chi connectivity index (χ1v) is 5.22. The smallest absolute Gasteiger partial charge is 0.257 e. The Kier molecular flexibility index (Phi) is 2.96. The van der Waals surface area contributed by atoms with Gasteiger partial charge in [-0.3, -0.25) is 10.1 Å². The van der Waals surface area contributed by atoms with E-state index in [1.807, 2.05) is 0 Å². The van der Waals surface area contributed by atoms with Gasteiger partial charge in [0, 0.05) is 11.6 Å². The van der Waals surface area contributed by atoms with Crippen molar-refractivity contribution in [2.45, 2.75) is 0 Å². The van der Waals surface area contributed by atoms with E-state index >= 15 is 0 Å². The van der Waals surface area contributed by atoms with Crippen molar-refractivity contribution in [2.75, 3.05) is 11.1 Å². The molecular weight excluding hydrogens is 250 g/mol. The second-order valence-corrected chi connectivity index (χ2v) is 4.07. The Hall–Kier alpha value is -2.09. The molecule has 0 unspecified atom stereocenters. The van der Waals surface area contributed by atoms with Crippen LogP contribution in [-0.2, 0) is 0 Å². The van der Waals surface area contributed by atoms with E-state index in [4.69, 9.17) is 5.73 Å². The SMILES string of the molecule is Nc1nnc(NC(=O)c2cc(F)cc(F)c2)s1. The molecule has 2 aromatic rings. The molecule has 0 aliphatic rings. The van der Waals surface area contributed by atoms with E-state index in [0.29, 0.717) is 6.07 Å². The molecule has 1 amide bonds. The lowest BCUT2D eigenvalue weighted by Crippen LogP contribution is -2.12. The number of carbonyl (C=O) groups excluding carboxylic acids is 1. The highest BCUT2D eigenvalue weighted by Gasteiger charge is 2.11. The quantitative estimate of drug-likeness (QED) is 0.856. The molecule has 0 bridgehead atoms. The van der Waals surface area contributed by atoms with Crippen molar-refractivity contribution in [3.8, 4) is 0 Å². The number of amides is 1. The van der Waals surface area contributed by atoms with Crippen molar-refractivity contribution in [2.24, 2.45) is 0 Å². The number of nitrogens with zero attached hydrogens (tertiary/aromatic N) is 2. The van der Waals surface area contributed by atoms with Crippen LogP contribution >= 0.6 is 11.3 Å². The van der Waals surface area contributed by atoms with Crippen LogP contribution in [0.3, 0.4) is 0 Å². The number of rotatable bonds is 2. The van der Waals surface area contributed by atoms with Gasteiger partial charge in [0.2, 0.25) is 10.3 Å².